The third-order valence-corrected chi connectivity index (χ3v) is 4.00. The molecule has 0 bridgehead atoms. The van der Waals surface area contributed by atoms with Gasteiger partial charge in [-0.15, -0.1) is 0 Å². The lowest BCUT2D eigenvalue weighted by atomic mass is 10.1. The maximum atomic E-state index is 12.2. The van der Waals surface area contributed by atoms with E-state index < -0.39 is 0 Å². The normalized spacial score (nSPS) is 10.9. The summed E-state index contributed by atoms with van der Waals surface area (Å²) in [5.41, 5.74) is 2.12. The number of nitrogens with zero attached hydrogens (tertiary/aromatic N) is 1. The smallest absolute Gasteiger partial charge is 0.257 e. The Morgan fingerprint density at radius 3 is 2.54 bits per heavy atom. The van der Waals surface area contributed by atoms with Gasteiger partial charge in [0.2, 0.25) is 0 Å². The molecule has 0 unspecified atom stereocenters. The number of para-hydroxylation sites is 2. The largest absolute Gasteiger partial charge is 0.495 e. The molecule has 2 N–H and O–H groups in total. The fourth-order valence-corrected chi connectivity index (χ4v) is 2.90. The second-order valence-corrected chi connectivity index (χ2v) is 5.41. The topological polar surface area (TPSA) is 67.0 Å². The van der Waals surface area contributed by atoms with Crippen LogP contribution in [0.5, 0.6) is 5.75 Å². The number of aromatic amines is 1. The Bertz CT molecular complexity index is 1100. The summed E-state index contributed by atoms with van der Waals surface area (Å²) in [4.78, 5) is 19.4. The molecule has 0 saturated carbocycles. The van der Waals surface area contributed by atoms with Gasteiger partial charge in [-0.1, -0.05) is 30.3 Å². The van der Waals surface area contributed by atoms with Crippen molar-refractivity contribution in [3.63, 3.8) is 0 Å². The highest BCUT2D eigenvalue weighted by Gasteiger charge is 2.11. The van der Waals surface area contributed by atoms with E-state index in [9.17, 15) is 4.79 Å². The summed E-state index contributed by atoms with van der Waals surface area (Å²) >= 11 is 0. The number of pyridine rings is 2. The van der Waals surface area contributed by atoms with Gasteiger partial charge in [-0.05, 0) is 24.3 Å². The van der Waals surface area contributed by atoms with Crippen LogP contribution in [-0.2, 0) is 0 Å². The second-order valence-electron chi connectivity index (χ2n) is 5.41. The van der Waals surface area contributed by atoms with E-state index in [0.717, 1.165) is 27.9 Å². The first-order chi connectivity index (χ1) is 11.8. The Hall–Kier alpha value is -3.34. The Kier molecular flexibility index (Phi) is 3.39. The monoisotopic (exact) mass is 317 g/mol. The highest BCUT2D eigenvalue weighted by Crippen LogP contribution is 2.32. The minimum absolute atomic E-state index is 0.139. The number of hydrogen-bond donors (Lipinski definition) is 2. The van der Waals surface area contributed by atoms with Crippen molar-refractivity contribution in [2.24, 2.45) is 0 Å². The molecule has 118 valence electrons. The van der Waals surface area contributed by atoms with Crippen molar-refractivity contribution in [3.8, 4) is 5.75 Å². The average Bonchev–Trinajstić information content (AvgIpc) is 2.62. The molecule has 0 saturated heterocycles. The van der Waals surface area contributed by atoms with E-state index in [1.165, 1.54) is 0 Å². The van der Waals surface area contributed by atoms with Crippen LogP contribution in [-0.4, -0.2) is 17.1 Å². The zero-order valence-electron chi connectivity index (χ0n) is 13.0. The number of aromatic nitrogens is 2. The molecule has 4 rings (SSSR count). The number of nitrogens with one attached hydrogen (secondary N) is 2. The Labute approximate surface area is 137 Å². The third-order valence-electron chi connectivity index (χ3n) is 4.00. The highest BCUT2D eigenvalue weighted by atomic mass is 16.5. The highest BCUT2D eigenvalue weighted by molar-refractivity contribution is 6.10. The molecule has 4 aromatic rings. The van der Waals surface area contributed by atoms with E-state index in [4.69, 9.17) is 4.74 Å². The zero-order chi connectivity index (χ0) is 16.5. The summed E-state index contributed by atoms with van der Waals surface area (Å²) < 4.78 is 5.40. The quantitative estimate of drug-likeness (QED) is 0.564. The van der Waals surface area contributed by atoms with Gasteiger partial charge in [0.05, 0.1) is 18.5 Å². The van der Waals surface area contributed by atoms with Gasteiger partial charge in [0.25, 0.3) is 5.56 Å². The molecular weight excluding hydrogens is 302 g/mol. The summed E-state index contributed by atoms with van der Waals surface area (Å²) in [6.45, 7) is 0. The molecule has 24 heavy (non-hydrogen) atoms. The predicted octanol–water partition coefficient (Wildman–Crippen LogP) is 3.83. The van der Waals surface area contributed by atoms with Crippen LogP contribution in [0.2, 0.25) is 0 Å². The minimum Gasteiger partial charge on any atom is -0.495 e. The van der Waals surface area contributed by atoms with E-state index in [1.54, 1.807) is 13.3 Å². The van der Waals surface area contributed by atoms with E-state index >= 15 is 0 Å². The van der Waals surface area contributed by atoms with Gasteiger partial charge in [-0.25, -0.2) is 4.98 Å². The SMILES string of the molecule is COc1ccccc1Nc1ccnc2[nH]c(=O)c3ccccc3c12. The number of H-pyrrole nitrogens is 1. The molecular formula is C19H15N3O2. The van der Waals surface area contributed by atoms with Crippen molar-refractivity contribution in [3.05, 3.63) is 71.1 Å². The summed E-state index contributed by atoms with van der Waals surface area (Å²) in [5.74, 6) is 0.746. The summed E-state index contributed by atoms with van der Waals surface area (Å²) in [7, 11) is 1.64. The van der Waals surface area contributed by atoms with Crippen molar-refractivity contribution < 1.29 is 4.74 Å². The van der Waals surface area contributed by atoms with Gasteiger partial charge in [-0.2, -0.15) is 0 Å². The molecule has 5 heteroatoms. The molecule has 0 aliphatic carbocycles. The van der Waals surface area contributed by atoms with Crippen LogP contribution in [0, 0.1) is 0 Å². The molecule has 2 aromatic carbocycles. The molecule has 0 atom stereocenters. The predicted molar refractivity (Wildman–Crippen MR) is 96.1 cm³/mol. The lowest BCUT2D eigenvalue weighted by Crippen LogP contribution is -2.08. The molecule has 5 nitrogen and oxygen atoms in total. The molecule has 0 aliphatic rings. The molecule has 0 spiro atoms. The van der Waals surface area contributed by atoms with Gasteiger partial charge in [0, 0.05) is 22.4 Å². The van der Waals surface area contributed by atoms with Crippen molar-refractivity contribution in [2.45, 2.75) is 0 Å². The van der Waals surface area contributed by atoms with Gasteiger partial charge in [-0.3, -0.25) is 4.79 Å². The Balaban J connectivity index is 1.99. The minimum atomic E-state index is -0.139. The lowest BCUT2D eigenvalue weighted by Gasteiger charge is -2.13. The van der Waals surface area contributed by atoms with Crippen molar-refractivity contribution >= 4 is 33.2 Å². The van der Waals surface area contributed by atoms with Crippen molar-refractivity contribution in [2.75, 3.05) is 12.4 Å². The number of hydrogen-bond acceptors (Lipinski definition) is 4. The summed E-state index contributed by atoms with van der Waals surface area (Å²) in [6.07, 6.45) is 1.67. The van der Waals surface area contributed by atoms with E-state index in [-0.39, 0.29) is 5.56 Å². The van der Waals surface area contributed by atoms with Gasteiger partial charge >= 0.3 is 0 Å². The summed E-state index contributed by atoms with van der Waals surface area (Å²) in [5, 5.41) is 5.77. The van der Waals surface area contributed by atoms with E-state index in [1.807, 2.05) is 54.6 Å². The zero-order valence-corrected chi connectivity index (χ0v) is 13.0. The third kappa shape index (κ3) is 2.27. The number of ether oxygens (including phenoxy) is 1. The fraction of sp³-hybridized carbons (Fsp3) is 0.0526. The number of rotatable bonds is 3. The van der Waals surface area contributed by atoms with Crippen LogP contribution in [0.4, 0.5) is 11.4 Å². The fourth-order valence-electron chi connectivity index (χ4n) is 2.90. The molecule has 0 fully saturated rings. The number of anilines is 2. The molecule has 0 aliphatic heterocycles. The Morgan fingerprint density at radius 2 is 1.71 bits per heavy atom. The molecule has 0 radical (unpaired) electrons. The molecule has 2 heterocycles. The van der Waals surface area contributed by atoms with Crippen LogP contribution in [0.1, 0.15) is 0 Å². The van der Waals surface area contributed by atoms with Crippen molar-refractivity contribution in [1.82, 2.24) is 9.97 Å². The van der Waals surface area contributed by atoms with Crippen LogP contribution in [0.3, 0.4) is 0 Å². The maximum absolute atomic E-state index is 12.2. The van der Waals surface area contributed by atoms with Crippen LogP contribution >= 0.6 is 0 Å². The second kappa shape index (κ2) is 5.70. The van der Waals surface area contributed by atoms with Gasteiger partial charge in [0.1, 0.15) is 11.4 Å². The lowest BCUT2D eigenvalue weighted by molar-refractivity contribution is 0.417. The maximum Gasteiger partial charge on any atom is 0.257 e. The number of methoxy groups -OCH3 is 1. The Morgan fingerprint density at radius 1 is 0.958 bits per heavy atom. The van der Waals surface area contributed by atoms with Gasteiger partial charge < -0.3 is 15.0 Å². The first kappa shape index (κ1) is 14.3. The van der Waals surface area contributed by atoms with Crippen LogP contribution < -0.4 is 15.6 Å². The first-order valence-corrected chi connectivity index (χ1v) is 7.58. The first-order valence-electron chi connectivity index (χ1n) is 7.58. The van der Waals surface area contributed by atoms with Gasteiger partial charge in [0.15, 0.2) is 0 Å². The number of benzene rings is 2. The summed E-state index contributed by atoms with van der Waals surface area (Å²) in [6, 6.07) is 17.1. The van der Waals surface area contributed by atoms with Crippen LogP contribution in [0.15, 0.2) is 65.6 Å². The number of fused-ring (bicyclic) bond motifs is 3. The molecule has 2 aromatic heterocycles. The molecule has 0 amide bonds. The van der Waals surface area contributed by atoms with E-state index in [0.29, 0.717) is 11.0 Å². The van der Waals surface area contributed by atoms with Crippen molar-refractivity contribution in [1.29, 1.82) is 0 Å². The standard InChI is InChI=1S/C19H15N3O2/c1-24-16-9-5-4-8-14(16)21-15-10-11-20-18-17(15)12-6-2-3-7-13(12)19(23)22-18/h2-11H,1H3,(H2,20,21,22,23). The van der Waals surface area contributed by atoms with Crippen LogP contribution in [0.25, 0.3) is 21.8 Å². The van der Waals surface area contributed by atoms with E-state index in [2.05, 4.69) is 15.3 Å². The average molecular weight is 317 g/mol.